The number of thioether (sulfide) groups is 1. The zero-order chi connectivity index (χ0) is 19.5. The van der Waals surface area contributed by atoms with E-state index in [0.29, 0.717) is 11.2 Å². The number of rotatable bonds is 3. The van der Waals surface area contributed by atoms with Crippen LogP contribution in [-0.2, 0) is 11.3 Å². The van der Waals surface area contributed by atoms with Crippen molar-refractivity contribution < 1.29 is 9.21 Å². The summed E-state index contributed by atoms with van der Waals surface area (Å²) in [5, 5.41) is 1.59. The molecule has 7 heteroatoms. The van der Waals surface area contributed by atoms with Gasteiger partial charge >= 0.3 is 4.87 Å². The molecule has 0 N–H and O–H groups in total. The molecule has 3 fully saturated rings. The van der Waals surface area contributed by atoms with Crippen LogP contribution in [0.5, 0.6) is 0 Å². The standard InChI is InChI=1S/C22H26N2O3S2/c25-16(23-8-2-1-3-9-23)12-24-21-20(29-22(24)26)18(15-5-4-10-27-15)17-13-6-7-14(11-13)19(17)28-21/h4-5,10,13-14,17-19H,1-3,6-9,11-12H2/t13-,14-,17-,18-,19+/m0/s1. The van der Waals surface area contributed by atoms with Crippen LogP contribution in [0.3, 0.4) is 0 Å². The van der Waals surface area contributed by atoms with Crippen molar-refractivity contribution in [3.8, 4) is 0 Å². The first-order valence-electron chi connectivity index (χ1n) is 10.9. The summed E-state index contributed by atoms with van der Waals surface area (Å²) in [6.07, 6.45) is 9.02. The van der Waals surface area contributed by atoms with Gasteiger partial charge in [-0.3, -0.25) is 14.2 Å². The van der Waals surface area contributed by atoms with Crippen molar-refractivity contribution in [2.75, 3.05) is 13.1 Å². The Labute approximate surface area is 178 Å². The predicted octanol–water partition coefficient (Wildman–Crippen LogP) is 4.17. The maximum Gasteiger partial charge on any atom is 0.308 e. The van der Waals surface area contributed by atoms with Crippen LogP contribution in [0, 0.1) is 17.8 Å². The molecule has 2 bridgehead atoms. The molecule has 4 aliphatic rings. The zero-order valence-electron chi connectivity index (χ0n) is 16.4. The second kappa shape index (κ2) is 7.05. The maximum absolute atomic E-state index is 13.0. The lowest BCUT2D eigenvalue weighted by atomic mass is 9.77. The monoisotopic (exact) mass is 430 g/mol. The van der Waals surface area contributed by atoms with E-state index in [9.17, 15) is 9.59 Å². The SMILES string of the molecule is O=C(Cn1c2c(sc1=O)[C@@H](c1ccco1)[C@@H]1[C@H]3CC[C@@H](C3)[C@H]1S2)N1CCCCC1. The van der Waals surface area contributed by atoms with Crippen molar-refractivity contribution in [2.45, 2.75) is 61.3 Å². The van der Waals surface area contributed by atoms with Gasteiger partial charge in [-0.1, -0.05) is 11.3 Å². The predicted molar refractivity (Wildman–Crippen MR) is 114 cm³/mol. The third kappa shape index (κ3) is 2.87. The van der Waals surface area contributed by atoms with E-state index in [1.165, 1.54) is 37.0 Å². The summed E-state index contributed by atoms with van der Waals surface area (Å²) in [6.45, 7) is 1.85. The molecule has 0 unspecified atom stereocenters. The number of carbonyl (C=O) groups is 1. The van der Waals surface area contributed by atoms with Crippen LogP contribution in [0.25, 0.3) is 0 Å². The molecule has 29 heavy (non-hydrogen) atoms. The highest BCUT2D eigenvalue weighted by molar-refractivity contribution is 8.00. The van der Waals surface area contributed by atoms with Gasteiger partial charge in [-0.15, -0.1) is 11.8 Å². The van der Waals surface area contributed by atoms with Gasteiger partial charge in [0, 0.05) is 18.3 Å². The Hall–Kier alpha value is -1.47. The molecule has 2 aliphatic heterocycles. The van der Waals surface area contributed by atoms with Crippen molar-refractivity contribution in [2.24, 2.45) is 17.8 Å². The van der Waals surface area contributed by atoms with Gasteiger partial charge in [0.1, 0.15) is 12.3 Å². The van der Waals surface area contributed by atoms with E-state index >= 15 is 0 Å². The molecule has 4 heterocycles. The normalized spacial score (nSPS) is 33.0. The zero-order valence-corrected chi connectivity index (χ0v) is 18.1. The van der Waals surface area contributed by atoms with E-state index in [0.717, 1.165) is 53.4 Å². The van der Waals surface area contributed by atoms with Crippen LogP contribution >= 0.6 is 23.1 Å². The van der Waals surface area contributed by atoms with Crippen molar-refractivity contribution in [3.05, 3.63) is 38.7 Å². The molecule has 154 valence electrons. The molecule has 0 aromatic carbocycles. The molecular formula is C22H26N2O3S2. The number of nitrogens with zero attached hydrogens (tertiary/aromatic N) is 2. The second-order valence-electron chi connectivity index (χ2n) is 9.05. The summed E-state index contributed by atoms with van der Waals surface area (Å²) in [6, 6.07) is 4.03. The maximum atomic E-state index is 13.0. The lowest BCUT2D eigenvalue weighted by Gasteiger charge is -2.39. The number of carbonyl (C=O) groups excluding carboxylic acids is 1. The van der Waals surface area contributed by atoms with Crippen LogP contribution in [0.15, 0.2) is 32.6 Å². The summed E-state index contributed by atoms with van der Waals surface area (Å²) in [7, 11) is 0. The van der Waals surface area contributed by atoms with Crippen molar-refractivity contribution >= 4 is 29.0 Å². The number of fused-ring (bicyclic) bond motifs is 6. The Kier molecular flexibility index (Phi) is 4.45. The summed E-state index contributed by atoms with van der Waals surface area (Å²) >= 11 is 3.23. The number of hydrogen-bond acceptors (Lipinski definition) is 5. The number of aromatic nitrogens is 1. The second-order valence-corrected chi connectivity index (χ2v) is 11.2. The Bertz CT molecular complexity index is 973. The molecule has 1 saturated heterocycles. The van der Waals surface area contributed by atoms with Crippen LogP contribution in [0.2, 0.25) is 0 Å². The minimum atomic E-state index is 0.0109. The van der Waals surface area contributed by atoms with Crippen LogP contribution in [-0.4, -0.2) is 33.7 Å². The first-order valence-corrected chi connectivity index (χ1v) is 12.6. The van der Waals surface area contributed by atoms with E-state index in [-0.39, 0.29) is 23.2 Å². The van der Waals surface area contributed by atoms with E-state index in [4.69, 9.17) is 4.42 Å². The van der Waals surface area contributed by atoms with Crippen LogP contribution in [0.1, 0.15) is 55.1 Å². The Morgan fingerprint density at radius 3 is 2.79 bits per heavy atom. The average molecular weight is 431 g/mol. The van der Waals surface area contributed by atoms with E-state index in [1.807, 2.05) is 22.7 Å². The van der Waals surface area contributed by atoms with Gasteiger partial charge in [-0.05, 0) is 68.4 Å². The fourth-order valence-corrected chi connectivity index (χ4v) is 9.38. The fraction of sp³-hybridized carbons (Fsp3) is 0.636. The van der Waals surface area contributed by atoms with Crippen molar-refractivity contribution in [1.29, 1.82) is 0 Å². The number of likely N-dealkylation sites (tertiary alicyclic amines) is 1. The van der Waals surface area contributed by atoms with Crippen LogP contribution in [0.4, 0.5) is 0 Å². The molecule has 5 atom stereocenters. The van der Waals surface area contributed by atoms with Gasteiger partial charge in [0.25, 0.3) is 0 Å². The molecule has 2 aromatic rings. The number of furan rings is 1. The molecule has 5 nitrogen and oxygen atoms in total. The largest absolute Gasteiger partial charge is 0.469 e. The minimum absolute atomic E-state index is 0.0109. The van der Waals surface area contributed by atoms with Crippen LogP contribution < -0.4 is 4.87 Å². The molecule has 2 aromatic heterocycles. The number of thiazole rings is 1. The lowest BCUT2D eigenvalue weighted by Crippen LogP contribution is -2.39. The van der Waals surface area contributed by atoms with Gasteiger partial charge in [0.15, 0.2) is 0 Å². The van der Waals surface area contributed by atoms with Gasteiger partial charge in [-0.25, -0.2) is 0 Å². The molecule has 1 amide bonds. The summed E-state index contributed by atoms with van der Waals surface area (Å²) in [5.74, 6) is 3.29. The van der Waals surface area contributed by atoms with E-state index in [1.54, 1.807) is 10.8 Å². The number of hydrogen-bond donors (Lipinski definition) is 0. The van der Waals surface area contributed by atoms with Crippen molar-refractivity contribution in [3.63, 3.8) is 0 Å². The molecule has 0 radical (unpaired) electrons. The van der Waals surface area contributed by atoms with Gasteiger partial charge in [-0.2, -0.15) is 0 Å². The minimum Gasteiger partial charge on any atom is -0.469 e. The fourth-order valence-electron chi connectivity index (χ4n) is 6.25. The first kappa shape index (κ1) is 18.3. The third-order valence-electron chi connectivity index (χ3n) is 7.54. The van der Waals surface area contributed by atoms with Gasteiger partial charge in [0.2, 0.25) is 5.91 Å². The third-order valence-corrected chi connectivity index (χ3v) is 10.4. The van der Waals surface area contributed by atoms with Crippen molar-refractivity contribution in [1.82, 2.24) is 9.47 Å². The Morgan fingerprint density at radius 1 is 1.17 bits per heavy atom. The van der Waals surface area contributed by atoms with Gasteiger partial charge in [0.05, 0.1) is 22.1 Å². The Morgan fingerprint density at radius 2 is 2.00 bits per heavy atom. The Balaban J connectivity index is 1.39. The summed E-state index contributed by atoms with van der Waals surface area (Å²) in [5.41, 5.74) is 0. The lowest BCUT2D eigenvalue weighted by molar-refractivity contribution is -0.132. The van der Waals surface area contributed by atoms with E-state index in [2.05, 4.69) is 6.07 Å². The number of piperidine rings is 1. The van der Waals surface area contributed by atoms with E-state index < -0.39 is 0 Å². The highest BCUT2D eigenvalue weighted by atomic mass is 32.2. The smallest absolute Gasteiger partial charge is 0.308 e. The highest BCUT2D eigenvalue weighted by Gasteiger charge is 2.56. The topological polar surface area (TPSA) is 55.5 Å². The average Bonchev–Trinajstić information content (AvgIpc) is 3.53. The molecule has 0 spiro atoms. The summed E-state index contributed by atoms with van der Waals surface area (Å²) < 4.78 is 7.66. The molecule has 2 saturated carbocycles. The first-order chi connectivity index (χ1) is 14.2. The molecular weight excluding hydrogens is 404 g/mol. The van der Waals surface area contributed by atoms with Gasteiger partial charge < -0.3 is 9.32 Å². The molecule has 2 aliphatic carbocycles. The number of amides is 1. The highest BCUT2D eigenvalue weighted by Crippen LogP contribution is 2.64. The summed E-state index contributed by atoms with van der Waals surface area (Å²) in [4.78, 5) is 29.0. The molecule has 6 rings (SSSR count). The quantitative estimate of drug-likeness (QED) is 0.733.